The van der Waals surface area contributed by atoms with Crippen LogP contribution in [0, 0.1) is 18.2 Å². The van der Waals surface area contributed by atoms with Crippen LogP contribution in [0.3, 0.4) is 0 Å². The molecule has 3 heterocycles. The fourth-order valence-electron chi connectivity index (χ4n) is 6.00. The van der Waals surface area contributed by atoms with Gasteiger partial charge in [-0.05, 0) is 56.9 Å². The SMILES string of the molecule is CCOC(=O)N1CC2(CCC(N3CCN(c4ncccc4-c4c(C)cccc4F)CC3)C2)C1. The number of hydrogen-bond donors (Lipinski definition) is 0. The van der Waals surface area contributed by atoms with Crippen LogP contribution in [0.25, 0.3) is 11.1 Å². The number of benzene rings is 1. The summed E-state index contributed by atoms with van der Waals surface area (Å²) in [6, 6.07) is 9.67. The first-order valence-electron chi connectivity index (χ1n) is 12.1. The summed E-state index contributed by atoms with van der Waals surface area (Å²) in [5.74, 6) is 0.675. The van der Waals surface area contributed by atoms with E-state index in [1.165, 1.54) is 18.9 Å². The number of rotatable bonds is 4. The van der Waals surface area contributed by atoms with Gasteiger partial charge < -0.3 is 14.5 Å². The van der Waals surface area contributed by atoms with E-state index in [4.69, 9.17) is 4.74 Å². The Kier molecular flexibility index (Phi) is 5.99. The number of likely N-dealkylation sites (tertiary alicyclic amines) is 1. The van der Waals surface area contributed by atoms with Gasteiger partial charge in [0, 0.05) is 68.0 Å². The highest BCUT2D eigenvalue weighted by atomic mass is 19.1. The predicted molar refractivity (Wildman–Crippen MR) is 127 cm³/mol. The lowest BCUT2D eigenvalue weighted by Crippen LogP contribution is -2.58. The summed E-state index contributed by atoms with van der Waals surface area (Å²) in [5.41, 5.74) is 2.73. The van der Waals surface area contributed by atoms with Gasteiger partial charge >= 0.3 is 6.09 Å². The van der Waals surface area contributed by atoms with Crippen molar-refractivity contribution >= 4 is 11.9 Å². The fourth-order valence-corrected chi connectivity index (χ4v) is 6.00. The second kappa shape index (κ2) is 8.93. The van der Waals surface area contributed by atoms with Gasteiger partial charge in [0.05, 0.1) is 6.61 Å². The maximum absolute atomic E-state index is 14.7. The van der Waals surface area contributed by atoms with Crippen LogP contribution in [-0.2, 0) is 4.74 Å². The van der Waals surface area contributed by atoms with Crippen molar-refractivity contribution in [3.8, 4) is 11.1 Å². The number of carbonyl (C=O) groups excluding carboxylic acids is 1. The molecule has 2 aliphatic heterocycles. The molecule has 2 saturated heterocycles. The second-order valence-electron chi connectivity index (χ2n) is 9.78. The van der Waals surface area contributed by atoms with E-state index in [-0.39, 0.29) is 17.3 Å². The van der Waals surface area contributed by atoms with Crippen LogP contribution in [0.5, 0.6) is 0 Å². The standard InChI is InChI=1S/C26H33FN4O2/c1-3-33-25(32)31-17-26(18-31)10-9-20(16-26)29-12-14-30(15-13-29)24-21(7-5-11-28-24)23-19(2)6-4-8-22(23)27/h4-8,11,20H,3,9-10,12-18H2,1-2H3. The number of carbonyl (C=O) groups is 1. The zero-order valence-corrected chi connectivity index (χ0v) is 19.6. The maximum atomic E-state index is 14.7. The van der Waals surface area contributed by atoms with E-state index in [1.54, 1.807) is 12.3 Å². The van der Waals surface area contributed by atoms with E-state index >= 15 is 0 Å². The Morgan fingerprint density at radius 1 is 1.18 bits per heavy atom. The lowest BCUT2D eigenvalue weighted by atomic mass is 9.78. The van der Waals surface area contributed by atoms with Gasteiger partial charge in [0.1, 0.15) is 11.6 Å². The van der Waals surface area contributed by atoms with Crippen molar-refractivity contribution in [3.63, 3.8) is 0 Å². The molecule has 2 aromatic rings. The first-order chi connectivity index (χ1) is 16.0. The monoisotopic (exact) mass is 452 g/mol. The van der Waals surface area contributed by atoms with Gasteiger partial charge in [0.15, 0.2) is 0 Å². The number of piperazine rings is 1. The zero-order chi connectivity index (χ0) is 23.0. The zero-order valence-electron chi connectivity index (χ0n) is 19.6. The number of amides is 1. The Balaban J connectivity index is 1.22. The summed E-state index contributed by atoms with van der Waals surface area (Å²) < 4.78 is 19.8. The molecule has 7 heteroatoms. The van der Waals surface area contributed by atoms with Crippen LogP contribution in [0.1, 0.15) is 31.7 Å². The molecule has 3 fully saturated rings. The molecule has 0 N–H and O–H groups in total. The van der Waals surface area contributed by atoms with Crippen molar-refractivity contribution in [2.24, 2.45) is 5.41 Å². The molecule has 33 heavy (non-hydrogen) atoms. The summed E-state index contributed by atoms with van der Waals surface area (Å²) >= 11 is 0. The number of hydrogen-bond acceptors (Lipinski definition) is 5. The van der Waals surface area contributed by atoms with E-state index in [1.807, 2.05) is 36.9 Å². The third-order valence-electron chi connectivity index (χ3n) is 7.66. The van der Waals surface area contributed by atoms with E-state index in [9.17, 15) is 9.18 Å². The molecule has 5 rings (SSSR count). The Morgan fingerprint density at radius 2 is 1.97 bits per heavy atom. The summed E-state index contributed by atoms with van der Waals surface area (Å²) in [4.78, 5) is 23.4. The minimum Gasteiger partial charge on any atom is -0.450 e. The summed E-state index contributed by atoms with van der Waals surface area (Å²) in [6.07, 6.45) is 5.17. The van der Waals surface area contributed by atoms with E-state index in [0.717, 1.165) is 62.6 Å². The minimum atomic E-state index is -0.198. The molecular formula is C26H33FN4O2. The van der Waals surface area contributed by atoms with Crippen molar-refractivity contribution in [1.82, 2.24) is 14.8 Å². The van der Waals surface area contributed by atoms with E-state index in [2.05, 4.69) is 14.8 Å². The highest BCUT2D eigenvalue weighted by molar-refractivity contribution is 5.78. The molecule has 3 aliphatic rings. The molecule has 1 amide bonds. The number of nitrogens with zero attached hydrogens (tertiary/aromatic N) is 4. The van der Waals surface area contributed by atoms with Crippen LogP contribution >= 0.6 is 0 Å². The minimum absolute atomic E-state index is 0.170. The second-order valence-corrected chi connectivity index (χ2v) is 9.78. The van der Waals surface area contributed by atoms with Crippen molar-refractivity contribution in [1.29, 1.82) is 0 Å². The number of aryl methyl sites for hydroxylation is 1. The Morgan fingerprint density at radius 3 is 2.70 bits per heavy atom. The Hall–Kier alpha value is -2.67. The molecule has 1 aromatic carbocycles. The smallest absolute Gasteiger partial charge is 0.409 e. The third kappa shape index (κ3) is 4.19. The number of halogens is 1. The average Bonchev–Trinajstić information content (AvgIpc) is 3.25. The lowest BCUT2D eigenvalue weighted by Gasteiger charge is -2.48. The average molecular weight is 453 g/mol. The van der Waals surface area contributed by atoms with Gasteiger partial charge in [-0.25, -0.2) is 14.2 Å². The van der Waals surface area contributed by atoms with Crippen molar-refractivity contribution in [3.05, 3.63) is 47.9 Å². The molecular weight excluding hydrogens is 419 g/mol. The fraction of sp³-hybridized carbons (Fsp3) is 0.538. The normalized spacial score (nSPS) is 22.5. The van der Waals surface area contributed by atoms with Gasteiger partial charge in [-0.15, -0.1) is 0 Å². The predicted octanol–water partition coefficient (Wildman–Crippen LogP) is 4.33. The van der Waals surface area contributed by atoms with Gasteiger partial charge in [-0.3, -0.25) is 4.90 Å². The number of aromatic nitrogens is 1. The van der Waals surface area contributed by atoms with Crippen molar-refractivity contribution < 1.29 is 13.9 Å². The summed E-state index contributed by atoms with van der Waals surface area (Å²) in [6.45, 7) is 9.64. The summed E-state index contributed by atoms with van der Waals surface area (Å²) in [5, 5.41) is 0. The molecule has 1 spiro atoms. The highest BCUT2D eigenvalue weighted by Crippen LogP contribution is 2.47. The highest BCUT2D eigenvalue weighted by Gasteiger charge is 2.51. The maximum Gasteiger partial charge on any atom is 0.409 e. The molecule has 1 saturated carbocycles. The number of ether oxygens (including phenoxy) is 1. The molecule has 1 aromatic heterocycles. The van der Waals surface area contributed by atoms with E-state index in [0.29, 0.717) is 18.2 Å². The van der Waals surface area contributed by atoms with Crippen LogP contribution in [0.2, 0.25) is 0 Å². The molecule has 1 atom stereocenters. The molecule has 0 bridgehead atoms. The Bertz CT molecular complexity index is 995. The largest absolute Gasteiger partial charge is 0.450 e. The number of pyridine rings is 1. The van der Waals surface area contributed by atoms with E-state index < -0.39 is 0 Å². The van der Waals surface area contributed by atoms with Crippen LogP contribution < -0.4 is 4.90 Å². The molecule has 176 valence electrons. The van der Waals surface area contributed by atoms with Gasteiger partial charge in [-0.1, -0.05) is 12.1 Å². The topological polar surface area (TPSA) is 48.9 Å². The quantitative estimate of drug-likeness (QED) is 0.691. The number of anilines is 1. The first-order valence-corrected chi connectivity index (χ1v) is 12.1. The lowest BCUT2D eigenvalue weighted by molar-refractivity contribution is -0.00294. The Labute approximate surface area is 195 Å². The molecule has 6 nitrogen and oxygen atoms in total. The summed E-state index contributed by atoms with van der Waals surface area (Å²) in [7, 11) is 0. The van der Waals surface area contributed by atoms with Gasteiger partial charge in [0.2, 0.25) is 0 Å². The van der Waals surface area contributed by atoms with Crippen LogP contribution in [-0.4, -0.2) is 72.8 Å². The van der Waals surface area contributed by atoms with Crippen molar-refractivity contribution in [2.75, 3.05) is 50.8 Å². The molecule has 1 unspecified atom stereocenters. The van der Waals surface area contributed by atoms with Gasteiger partial charge in [0.25, 0.3) is 0 Å². The molecule has 1 aliphatic carbocycles. The van der Waals surface area contributed by atoms with Crippen LogP contribution in [0.15, 0.2) is 36.5 Å². The molecule has 0 radical (unpaired) electrons. The first kappa shape index (κ1) is 22.1. The van der Waals surface area contributed by atoms with Crippen molar-refractivity contribution in [2.45, 2.75) is 39.2 Å². The third-order valence-corrected chi connectivity index (χ3v) is 7.66. The van der Waals surface area contributed by atoms with Gasteiger partial charge in [-0.2, -0.15) is 0 Å². The van der Waals surface area contributed by atoms with Crippen LogP contribution in [0.4, 0.5) is 15.0 Å².